The van der Waals surface area contributed by atoms with Crippen LogP contribution < -0.4 is 10.6 Å². The van der Waals surface area contributed by atoms with Crippen LogP contribution in [0.3, 0.4) is 0 Å². The number of benzene rings is 1. The zero-order chi connectivity index (χ0) is 14.0. The summed E-state index contributed by atoms with van der Waals surface area (Å²) in [6.45, 7) is 1.75. The van der Waals surface area contributed by atoms with Crippen LogP contribution in [0.4, 0.5) is 0 Å². The second-order valence-corrected chi connectivity index (χ2v) is 6.41. The van der Waals surface area contributed by atoms with Crippen LogP contribution in [0.1, 0.15) is 37.7 Å². The van der Waals surface area contributed by atoms with Crippen molar-refractivity contribution in [3.63, 3.8) is 0 Å². The number of nitrogens with one attached hydrogen (secondary N) is 2. The molecule has 4 heteroatoms. The Morgan fingerprint density at radius 1 is 1.35 bits per heavy atom. The van der Waals surface area contributed by atoms with Crippen LogP contribution in [0.2, 0.25) is 5.02 Å². The van der Waals surface area contributed by atoms with Gasteiger partial charge in [0.25, 0.3) is 0 Å². The van der Waals surface area contributed by atoms with Gasteiger partial charge in [-0.15, -0.1) is 0 Å². The highest BCUT2D eigenvalue weighted by Gasteiger charge is 2.38. The molecular weight excluding hydrogens is 272 g/mol. The zero-order valence-corrected chi connectivity index (χ0v) is 12.4. The maximum absolute atomic E-state index is 12.5. The maximum atomic E-state index is 12.5. The van der Waals surface area contributed by atoms with Gasteiger partial charge in [0.1, 0.15) is 0 Å². The Hall–Kier alpha value is -1.06. The topological polar surface area (TPSA) is 41.1 Å². The molecule has 2 fully saturated rings. The Kier molecular flexibility index (Phi) is 3.99. The van der Waals surface area contributed by atoms with Gasteiger partial charge in [-0.3, -0.25) is 4.79 Å². The van der Waals surface area contributed by atoms with E-state index in [1.165, 1.54) is 0 Å². The fourth-order valence-corrected chi connectivity index (χ4v) is 3.66. The van der Waals surface area contributed by atoms with E-state index in [0.29, 0.717) is 0 Å². The van der Waals surface area contributed by atoms with Crippen molar-refractivity contribution in [2.24, 2.45) is 5.92 Å². The Balaban J connectivity index is 1.82. The predicted octanol–water partition coefficient (Wildman–Crippen LogP) is 2.84. The van der Waals surface area contributed by atoms with Gasteiger partial charge in [0.2, 0.25) is 5.91 Å². The number of carbonyl (C=O) groups excluding carboxylic acids is 1. The zero-order valence-electron chi connectivity index (χ0n) is 11.6. The molecule has 2 aliphatic rings. The summed E-state index contributed by atoms with van der Waals surface area (Å²) < 4.78 is 0. The standard InChI is InChI=1S/C16H21ClN2O/c17-14-5-3-4-13(10-14)16(7-1-2-8-16)19-15(20)12-6-9-18-11-12/h3-5,10,12,18H,1-2,6-9,11H2,(H,19,20). The van der Waals surface area contributed by atoms with E-state index in [-0.39, 0.29) is 17.4 Å². The van der Waals surface area contributed by atoms with Gasteiger partial charge in [-0.2, -0.15) is 0 Å². The molecule has 108 valence electrons. The first-order valence-corrected chi connectivity index (χ1v) is 7.86. The first kappa shape index (κ1) is 13.9. The van der Waals surface area contributed by atoms with E-state index < -0.39 is 0 Å². The monoisotopic (exact) mass is 292 g/mol. The van der Waals surface area contributed by atoms with E-state index in [0.717, 1.165) is 55.8 Å². The van der Waals surface area contributed by atoms with Crippen LogP contribution in [0.5, 0.6) is 0 Å². The molecule has 0 aromatic heterocycles. The minimum atomic E-state index is -0.204. The molecule has 1 atom stereocenters. The third-order valence-corrected chi connectivity index (χ3v) is 4.86. The lowest BCUT2D eigenvalue weighted by molar-refractivity contribution is -0.126. The number of rotatable bonds is 3. The van der Waals surface area contributed by atoms with Crippen LogP contribution in [-0.2, 0) is 10.3 Å². The van der Waals surface area contributed by atoms with Gasteiger partial charge in [0.15, 0.2) is 0 Å². The smallest absolute Gasteiger partial charge is 0.225 e. The molecule has 0 bridgehead atoms. The summed E-state index contributed by atoms with van der Waals surface area (Å²) in [6, 6.07) is 7.95. The van der Waals surface area contributed by atoms with Crippen LogP contribution in [0.25, 0.3) is 0 Å². The summed E-state index contributed by atoms with van der Waals surface area (Å²) in [5, 5.41) is 7.34. The molecule has 20 heavy (non-hydrogen) atoms. The Labute approximate surface area is 125 Å². The SMILES string of the molecule is O=C(NC1(c2cccc(Cl)c2)CCCC1)C1CCNC1. The summed E-state index contributed by atoms with van der Waals surface area (Å²) in [4.78, 5) is 12.5. The van der Waals surface area contributed by atoms with E-state index in [1.54, 1.807) is 0 Å². The van der Waals surface area contributed by atoms with Crippen molar-refractivity contribution in [2.45, 2.75) is 37.6 Å². The minimum Gasteiger partial charge on any atom is -0.346 e. The van der Waals surface area contributed by atoms with E-state index in [2.05, 4.69) is 16.7 Å². The fourth-order valence-electron chi connectivity index (χ4n) is 3.47. The molecule has 1 aromatic rings. The average Bonchev–Trinajstić information content (AvgIpc) is 3.10. The van der Waals surface area contributed by atoms with Crippen molar-refractivity contribution in [2.75, 3.05) is 13.1 Å². The van der Waals surface area contributed by atoms with Gasteiger partial charge < -0.3 is 10.6 Å². The third kappa shape index (κ3) is 2.70. The summed E-state index contributed by atoms with van der Waals surface area (Å²) in [6.07, 6.45) is 5.29. The van der Waals surface area contributed by atoms with Crippen molar-refractivity contribution in [1.82, 2.24) is 10.6 Å². The van der Waals surface area contributed by atoms with E-state index >= 15 is 0 Å². The molecule has 1 aliphatic heterocycles. The quantitative estimate of drug-likeness (QED) is 0.899. The van der Waals surface area contributed by atoms with Crippen LogP contribution >= 0.6 is 11.6 Å². The molecule has 3 rings (SSSR count). The normalized spacial score (nSPS) is 24.8. The second-order valence-electron chi connectivity index (χ2n) is 5.98. The molecule has 1 amide bonds. The van der Waals surface area contributed by atoms with Crippen molar-refractivity contribution >= 4 is 17.5 Å². The highest BCUT2D eigenvalue weighted by Crippen LogP contribution is 2.39. The number of carbonyl (C=O) groups is 1. The summed E-state index contributed by atoms with van der Waals surface area (Å²) in [5.74, 6) is 0.309. The van der Waals surface area contributed by atoms with Gasteiger partial charge in [0, 0.05) is 11.6 Å². The number of hydrogen-bond donors (Lipinski definition) is 2. The average molecular weight is 293 g/mol. The minimum absolute atomic E-state index is 0.117. The lowest BCUT2D eigenvalue weighted by Crippen LogP contribution is -2.46. The van der Waals surface area contributed by atoms with Crippen molar-refractivity contribution in [1.29, 1.82) is 0 Å². The lowest BCUT2D eigenvalue weighted by Gasteiger charge is -2.32. The summed E-state index contributed by atoms with van der Waals surface area (Å²) >= 11 is 6.13. The molecule has 0 spiro atoms. The van der Waals surface area contributed by atoms with Crippen LogP contribution in [-0.4, -0.2) is 19.0 Å². The predicted molar refractivity (Wildman–Crippen MR) is 80.7 cm³/mol. The molecule has 1 aromatic carbocycles. The van der Waals surface area contributed by atoms with Gasteiger partial charge in [-0.1, -0.05) is 36.6 Å². The number of hydrogen-bond acceptors (Lipinski definition) is 2. The van der Waals surface area contributed by atoms with Gasteiger partial charge in [0.05, 0.1) is 11.5 Å². The molecule has 1 saturated heterocycles. The lowest BCUT2D eigenvalue weighted by atomic mass is 9.87. The molecule has 1 aliphatic carbocycles. The van der Waals surface area contributed by atoms with Gasteiger partial charge in [-0.05, 0) is 43.5 Å². The van der Waals surface area contributed by atoms with Crippen LogP contribution in [0, 0.1) is 5.92 Å². The molecule has 1 unspecified atom stereocenters. The molecule has 0 radical (unpaired) electrons. The third-order valence-electron chi connectivity index (χ3n) is 4.63. The summed E-state index contributed by atoms with van der Waals surface area (Å²) in [5.41, 5.74) is 0.951. The van der Waals surface area contributed by atoms with Crippen molar-refractivity contribution in [3.8, 4) is 0 Å². The van der Waals surface area contributed by atoms with E-state index in [1.807, 2.05) is 18.2 Å². The largest absolute Gasteiger partial charge is 0.346 e. The maximum Gasteiger partial charge on any atom is 0.225 e. The Morgan fingerprint density at radius 3 is 2.80 bits per heavy atom. The molecule has 1 heterocycles. The van der Waals surface area contributed by atoms with E-state index in [4.69, 9.17) is 11.6 Å². The first-order chi connectivity index (χ1) is 9.70. The molecule has 3 nitrogen and oxygen atoms in total. The number of amides is 1. The van der Waals surface area contributed by atoms with E-state index in [9.17, 15) is 4.79 Å². The molecule has 1 saturated carbocycles. The molecule has 2 N–H and O–H groups in total. The fraction of sp³-hybridized carbons (Fsp3) is 0.562. The van der Waals surface area contributed by atoms with Gasteiger partial charge >= 0.3 is 0 Å². The van der Waals surface area contributed by atoms with Crippen molar-refractivity contribution < 1.29 is 4.79 Å². The van der Waals surface area contributed by atoms with Crippen molar-refractivity contribution in [3.05, 3.63) is 34.9 Å². The molecular formula is C16H21ClN2O. The van der Waals surface area contributed by atoms with Crippen LogP contribution in [0.15, 0.2) is 24.3 Å². The highest BCUT2D eigenvalue weighted by molar-refractivity contribution is 6.30. The highest BCUT2D eigenvalue weighted by atomic mass is 35.5. The van der Waals surface area contributed by atoms with Gasteiger partial charge in [-0.25, -0.2) is 0 Å². The number of halogens is 1. The Morgan fingerprint density at radius 2 is 2.15 bits per heavy atom. The summed E-state index contributed by atoms with van der Waals surface area (Å²) in [7, 11) is 0. The first-order valence-electron chi connectivity index (χ1n) is 7.48. The second kappa shape index (κ2) is 5.74. The Bertz CT molecular complexity index is 491.